The molecule has 94 valence electrons. The molecular formula is C12H24N2OS. The van der Waals surface area contributed by atoms with Gasteiger partial charge in [0.25, 0.3) is 0 Å². The van der Waals surface area contributed by atoms with E-state index in [2.05, 4.69) is 22.4 Å². The van der Waals surface area contributed by atoms with E-state index in [-0.39, 0.29) is 0 Å². The molecule has 2 fully saturated rings. The van der Waals surface area contributed by atoms with Crippen LogP contribution in [0.5, 0.6) is 0 Å². The molecule has 2 N–H and O–H groups in total. The van der Waals surface area contributed by atoms with E-state index in [0.29, 0.717) is 11.5 Å². The third-order valence-corrected chi connectivity index (χ3v) is 4.81. The van der Waals surface area contributed by atoms with Gasteiger partial charge in [-0.05, 0) is 24.7 Å². The Morgan fingerprint density at radius 2 is 2.38 bits per heavy atom. The zero-order valence-electron chi connectivity index (χ0n) is 10.3. The molecular weight excluding hydrogens is 220 g/mol. The van der Waals surface area contributed by atoms with Gasteiger partial charge >= 0.3 is 0 Å². The number of nitrogens with one attached hydrogen (secondary N) is 2. The summed E-state index contributed by atoms with van der Waals surface area (Å²) in [4.78, 5) is 0. The Hall–Kier alpha value is 0.230. The molecule has 0 aromatic rings. The Balaban J connectivity index is 1.56. The van der Waals surface area contributed by atoms with Crippen molar-refractivity contribution in [1.29, 1.82) is 0 Å². The molecule has 1 unspecified atom stereocenters. The van der Waals surface area contributed by atoms with Crippen molar-refractivity contribution < 1.29 is 4.74 Å². The van der Waals surface area contributed by atoms with Crippen molar-refractivity contribution in [2.24, 2.45) is 5.41 Å². The second-order valence-electron chi connectivity index (χ2n) is 5.10. The standard InChI is InChI=1S/C12H24N2OS/c1-15-6-4-12(2-3-12)10-13-8-11-9-16-7-5-14-11/h11,13-14H,2-10H2,1H3. The van der Waals surface area contributed by atoms with Gasteiger partial charge in [0.1, 0.15) is 0 Å². The molecule has 1 aliphatic heterocycles. The summed E-state index contributed by atoms with van der Waals surface area (Å²) in [6.07, 6.45) is 4.00. The van der Waals surface area contributed by atoms with E-state index in [1.807, 2.05) is 0 Å². The van der Waals surface area contributed by atoms with E-state index in [0.717, 1.165) is 13.2 Å². The van der Waals surface area contributed by atoms with Crippen LogP contribution in [0, 0.1) is 5.41 Å². The molecule has 1 aliphatic carbocycles. The number of rotatable bonds is 7. The lowest BCUT2D eigenvalue weighted by Crippen LogP contribution is -2.45. The lowest BCUT2D eigenvalue weighted by Gasteiger charge is -2.24. The molecule has 0 amide bonds. The highest BCUT2D eigenvalue weighted by Gasteiger charge is 2.41. The van der Waals surface area contributed by atoms with E-state index < -0.39 is 0 Å². The molecule has 1 saturated heterocycles. The van der Waals surface area contributed by atoms with E-state index >= 15 is 0 Å². The van der Waals surface area contributed by atoms with Gasteiger partial charge in [-0.15, -0.1) is 0 Å². The van der Waals surface area contributed by atoms with Crippen LogP contribution in [0.25, 0.3) is 0 Å². The fourth-order valence-corrected chi connectivity index (χ4v) is 3.22. The van der Waals surface area contributed by atoms with Gasteiger partial charge in [-0.1, -0.05) is 0 Å². The summed E-state index contributed by atoms with van der Waals surface area (Å²) >= 11 is 2.07. The number of hydrogen-bond donors (Lipinski definition) is 2. The van der Waals surface area contributed by atoms with Gasteiger partial charge in [-0.25, -0.2) is 0 Å². The van der Waals surface area contributed by atoms with E-state index in [9.17, 15) is 0 Å². The molecule has 2 aliphatic rings. The molecule has 0 aromatic carbocycles. The van der Waals surface area contributed by atoms with Gasteiger partial charge in [0.05, 0.1) is 0 Å². The highest BCUT2D eigenvalue weighted by Crippen LogP contribution is 2.48. The molecule has 0 aromatic heterocycles. The average Bonchev–Trinajstić information content (AvgIpc) is 3.09. The van der Waals surface area contributed by atoms with Crippen LogP contribution >= 0.6 is 11.8 Å². The van der Waals surface area contributed by atoms with Crippen molar-refractivity contribution in [1.82, 2.24) is 10.6 Å². The Morgan fingerprint density at radius 1 is 1.50 bits per heavy atom. The second-order valence-corrected chi connectivity index (χ2v) is 6.25. The van der Waals surface area contributed by atoms with Crippen LogP contribution in [0.15, 0.2) is 0 Å². The molecule has 2 rings (SSSR count). The smallest absolute Gasteiger partial charge is 0.0468 e. The second kappa shape index (κ2) is 6.24. The SMILES string of the molecule is COCCC1(CNCC2CSCCN2)CC1. The Kier molecular flexibility index (Phi) is 4.95. The van der Waals surface area contributed by atoms with Crippen LogP contribution in [-0.2, 0) is 4.74 Å². The fourth-order valence-electron chi connectivity index (χ4n) is 2.27. The topological polar surface area (TPSA) is 33.3 Å². The summed E-state index contributed by atoms with van der Waals surface area (Å²) in [5, 5.41) is 7.20. The Morgan fingerprint density at radius 3 is 3.00 bits per heavy atom. The predicted octanol–water partition coefficient (Wildman–Crippen LogP) is 1.10. The van der Waals surface area contributed by atoms with Crippen LogP contribution in [0.3, 0.4) is 0 Å². The monoisotopic (exact) mass is 244 g/mol. The van der Waals surface area contributed by atoms with Crippen LogP contribution in [0.4, 0.5) is 0 Å². The van der Waals surface area contributed by atoms with Gasteiger partial charge in [-0.3, -0.25) is 0 Å². The Labute approximate surface area is 103 Å². The maximum absolute atomic E-state index is 5.17. The zero-order chi connectivity index (χ0) is 11.3. The van der Waals surface area contributed by atoms with Gasteiger partial charge in [0.15, 0.2) is 0 Å². The van der Waals surface area contributed by atoms with Crippen LogP contribution in [0.1, 0.15) is 19.3 Å². The normalized spacial score (nSPS) is 27.9. The van der Waals surface area contributed by atoms with Crippen molar-refractivity contribution in [3.8, 4) is 0 Å². The van der Waals surface area contributed by atoms with Gasteiger partial charge in [0.2, 0.25) is 0 Å². The van der Waals surface area contributed by atoms with E-state index in [1.54, 1.807) is 7.11 Å². The first-order chi connectivity index (χ1) is 7.85. The number of thioether (sulfide) groups is 1. The Bertz CT molecular complexity index is 203. The molecule has 0 spiro atoms. The van der Waals surface area contributed by atoms with Gasteiger partial charge < -0.3 is 15.4 Å². The van der Waals surface area contributed by atoms with Crippen molar-refractivity contribution >= 4 is 11.8 Å². The van der Waals surface area contributed by atoms with Gasteiger partial charge in [0, 0.05) is 50.9 Å². The molecule has 0 bridgehead atoms. The predicted molar refractivity (Wildman–Crippen MR) is 70.1 cm³/mol. The highest BCUT2D eigenvalue weighted by molar-refractivity contribution is 7.99. The van der Waals surface area contributed by atoms with Crippen molar-refractivity contribution in [3.63, 3.8) is 0 Å². The van der Waals surface area contributed by atoms with Crippen molar-refractivity contribution in [3.05, 3.63) is 0 Å². The minimum atomic E-state index is 0.581. The summed E-state index contributed by atoms with van der Waals surface area (Å²) < 4.78 is 5.17. The van der Waals surface area contributed by atoms with Crippen LogP contribution < -0.4 is 10.6 Å². The summed E-state index contributed by atoms with van der Waals surface area (Å²) in [6.45, 7) is 4.39. The lowest BCUT2D eigenvalue weighted by molar-refractivity contribution is 0.171. The maximum Gasteiger partial charge on any atom is 0.0468 e. The average molecular weight is 244 g/mol. The quantitative estimate of drug-likeness (QED) is 0.702. The minimum Gasteiger partial charge on any atom is -0.385 e. The molecule has 16 heavy (non-hydrogen) atoms. The third-order valence-electron chi connectivity index (χ3n) is 3.68. The maximum atomic E-state index is 5.17. The highest BCUT2D eigenvalue weighted by atomic mass is 32.2. The lowest BCUT2D eigenvalue weighted by atomic mass is 10.0. The van der Waals surface area contributed by atoms with E-state index in [1.165, 1.54) is 43.9 Å². The number of ether oxygens (including phenoxy) is 1. The molecule has 1 saturated carbocycles. The zero-order valence-corrected chi connectivity index (χ0v) is 11.1. The third kappa shape index (κ3) is 3.91. The first-order valence-electron chi connectivity index (χ1n) is 6.35. The van der Waals surface area contributed by atoms with Crippen molar-refractivity contribution in [2.75, 3.05) is 44.9 Å². The number of hydrogen-bond acceptors (Lipinski definition) is 4. The largest absolute Gasteiger partial charge is 0.385 e. The van der Waals surface area contributed by atoms with Crippen LogP contribution in [-0.4, -0.2) is 50.9 Å². The summed E-state index contributed by atoms with van der Waals surface area (Å²) in [7, 11) is 1.80. The molecule has 0 radical (unpaired) electrons. The minimum absolute atomic E-state index is 0.581. The first-order valence-corrected chi connectivity index (χ1v) is 7.51. The van der Waals surface area contributed by atoms with E-state index in [4.69, 9.17) is 4.74 Å². The fraction of sp³-hybridized carbons (Fsp3) is 1.00. The molecule has 4 heteroatoms. The summed E-state index contributed by atoms with van der Waals surface area (Å²) in [5.74, 6) is 2.53. The summed E-state index contributed by atoms with van der Waals surface area (Å²) in [6, 6.07) is 0.678. The summed E-state index contributed by atoms with van der Waals surface area (Å²) in [5.41, 5.74) is 0.581. The van der Waals surface area contributed by atoms with Gasteiger partial charge in [-0.2, -0.15) is 11.8 Å². The van der Waals surface area contributed by atoms with Crippen LogP contribution in [0.2, 0.25) is 0 Å². The molecule has 1 heterocycles. The number of methoxy groups -OCH3 is 1. The first kappa shape index (κ1) is 12.7. The van der Waals surface area contributed by atoms with Crippen molar-refractivity contribution in [2.45, 2.75) is 25.3 Å². The molecule has 1 atom stereocenters. The molecule has 3 nitrogen and oxygen atoms in total.